The summed E-state index contributed by atoms with van der Waals surface area (Å²) < 4.78 is 6.24. The van der Waals surface area contributed by atoms with Crippen LogP contribution in [0.4, 0.5) is 0 Å². The molecule has 0 aliphatic carbocycles. The van der Waals surface area contributed by atoms with Crippen molar-refractivity contribution in [3.8, 4) is 5.75 Å². The van der Waals surface area contributed by atoms with E-state index in [4.69, 9.17) is 4.74 Å². The van der Waals surface area contributed by atoms with Crippen LogP contribution in [0.25, 0.3) is 0 Å². The molecule has 2 aromatic rings. The number of aromatic nitrogens is 1. The molecule has 96 valence electrons. The molecule has 0 bridgehead atoms. The summed E-state index contributed by atoms with van der Waals surface area (Å²) in [5.74, 6) is 0.687. The Balaban J connectivity index is 1.76. The van der Waals surface area contributed by atoms with E-state index in [-0.39, 0.29) is 11.9 Å². The highest BCUT2D eigenvalue weighted by Gasteiger charge is 2.25. The summed E-state index contributed by atoms with van der Waals surface area (Å²) in [5, 5.41) is 2.95. The number of carbonyl (C=O) groups is 1. The molecule has 2 heterocycles. The minimum absolute atomic E-state index is 0.104. The molecule has 1 unspecified atom stereocenters. The van der Waals surface area contributed by atoms with Crippen LogP contribution in [0.3, 0.4) is 0 Å². The molecule has 1 aromatic heterocycles. The number of hydrogen-bond acceptors (Lipinski definition) is 3. The summed E-state index contributed by atoms with van der Waals surface area (Å²) in [4.78, 5) is 16.1. The Morgan fingerprint density at radius 3 is 2.95 bits per heavy atom. The molecule has 1 aliphatic rings. The van der Waals surface area contributed by atoms with Gasteiger partial charge in [0.15, 0.2) is 0 Å². The molecule has 1 aromatic carbocycles. The van der Waals surface area contributed by atoms with Gasteiger partial charge in [0.05, 0.1) is 11.6 Å². The molecule has 0 saturated carbocycles. The number of hydrogen-bond donors (Lipinski definition) is 1. The largest absolute Gasteiger partial charge is 0.491 e. The lowest BCUT2D eigenvalue weighted by Gasteiger charge is -2.11. The first-order valence-electron chi connectivity index (χ1n) is 5.88. The topological polar surface area (TPSA) is 51.2 Å². The number of nitrogens with zero attached hydrogens (tertiary/aromatic N) is 1. The fraction of sp³-hybridized carbons (Fsp3) is 0.143. The van der Waals surface area contributed by atoms with Gasteiger partial charge in [-0.3, -0.25) is 4.79 Å². The van der Waals surface area contributed by atoms with Crippen LogP contribution in [0.5, 0.6) is 5.75 Å². The van der Waals surface area contributed by atoms with Crippen molar-refractivity contribution in [2.75, 3.05) is 6.61 Å². The maximum atomic E-state index is 12.1. The predicted octanol–water partition coefficient (Wildman–Crippen LogP) is 2.71. The lowest BCUT2D eigenvalue weighted by molar-refractivity contribution is 0.0930. The smallest absolute Gasteiger partial charge is 0.253 e. The van der Waals surface area contributed by atoms with Crippen LogP contribution >= 0.6 is 15.9 Å². The maximum absolute atomic E-state index is 12.1. The molecule has 1 N–H and O–H groups in total. The second-order valence-electron chi connectivity index (χ2n) is 4.24. The van der Waals surface area contributed by atoms with Gasteiger partial charge in [0.1, 0.15) is 17.0 Å². The van der Waals surface area contributed by atoms with Gasteiger partial charge in [-0.2, -0.15) is 0 Å². The number of pyridine rings is 1. The standard InChI is InChI=1S/C14H11BrN2O2/c15-13-6-5-9(7-16-13)14(18)17-11-8-19-12-4-2-1-3-10(11)12/h1-7,11H,8H2,(H,17,18). The molecule has 4 nitrogen and oxygen atoms in total. The number of fused-ring (bicyclic) bond motifs is 1. The number of benzene rings is 1. The zero-order valence-electron chi connectivity index (χ0n) is 9.97. The third kappa shape index (κ3) is 2.46. The van der Waals surface area contributed by atoms with Gasteiger partial charge in [-0.05, 0) is 34.1 Å². The van der Waals surface area contributed by atoms with E-state index < -0.39 is 0 Å². The average Bonchev–Trinajstić information content (AvgIpc) is 2.83. The molecule has 0 spiro atoms. The van der Waals surface area contributed by atoms with Crippen LogP contribution in [-0.4, -0.2) is 17.5 Å². The molecule has 0 fully saturated rings. The molecule has 1 aliphatic heterocycles. The van der Waals surface area contributed by atoms with E-state index in [1.165, 1.54) is 0 Å². The van der Waals surface area contributed by atoms with E-state index in [1.807, 2.05) is 24.3 Å². The van der Waals surface area contributed by atoms with Gasteiger partial charge < -0.3 is 10.1 Å². The number of rotatable bonds is 2. The van der Waals surface area contributed by atoms with Gasteiger partial charge >= 0.3 is 0 Å². The summed E-state index contributed by atoms with van der Waals surface area (Å²) in [6.07, 6.45) is 1.54. The van der Waals surface area contributed by atoms with Gasteiger partial charge in [0, 0.05) is 11.8 Å². The normalized spacial score (nSPS) is 16.6. The molecule has 1 atom stereocenters. The fourth-order valence-electron chi connectivity index (χ4n) is 2.03. The van der Waals surface area contributed by atoms with Crippen LogP contribution in [0.2, 0.25) is 0 Å². The second kappa shape index (κ2) is 5.01. The van der Waals surface area contributed by atoms with Crippen molar-refractivity contribution < 1.29 is 9.53 Å². The number of carbonyl (C=O) groups excluding carboxylic acids is 1. The van der Waals surface area contributed by atoms with E-state index in [2.05, 4.69) is 26.2 Å². The molecular weight excluding hydrogens is 308 g/mol. The number of para-hydroxylation sites is 1. The van der Waals surface area contributed by atoms with Crippen LogP contribution in [0, 0.1) is 0 Å². The van der Waals surface area contributed by atoms with Crippen molar-refractivity contribution in [1.29, 1.82) is 0 Å². The molecule has 0 radical (unpaired) electrons. The Kier molecular flexibility index (Phi) is 3.21. The van der Waals surface area contributed by atoms with Gasteiger partial charge in [0.25, 0.3) is 5.91 Å². The van der Waals surface area contributed by atoms with E-state index in [0.717, 1.165) is 11.3 Å². The van der Waals surface area contributed by atoms with Gasteiger partial charge in [0.2, 0.25) is 0 Å². The molecule has 19 heavy (non-hydrogen) atoms. The van der Waals surface area contributed by atoms with Crippen molar-refractivity contribution in [1.82, 2.24) is 10.3 Å². The lowest BCUT2D eigenvalue weighted by atomic mass is 10.1. The van der Waals surface area contributed by atoms with Crippen molar-refractivity contribution in [2.45, 2.75) is 6.04 Å². The first-order chi connectivity index (χ1) is 9.24. The first-order valence-corrected chi connectivity index (χ1v) is 6.67. The summed E-state index contributed by atoms with van der Waals surface area (Å²) in [6, 6.07) is 11.1. The summed E-state index contributed by atoms with van der Waals surface area (Å²) in [6.45, 7) is 0.467. The first kappa shape index (κ1) is 12.2. The van der Waals surface area contributed by atoms with Crippen LogP contribution in [0.15, 0.2) is 47.2 Å². The third-order valence-corrected chi connectivity index (χ3v) is 3.46. The average molecular weight is 319 g/mol. The zero-order valence-corrected chi connectivity index (χ0v) is 11.6. The van der Waals surface area contributed by atoms with Crippen molar-refractivity contribution in [3.63, 3.8) is 0 Å². The van der Waals surface area contributed by atoms with Crippen molar-refractivity contribution >= 4 is 21.8 Å². The Hall–Kier alpha value is -1.88. The highest BCUT2D eigenvalue weighted by atomic mass is 79.9. The SMILES string of the molecule is O=C(NC1COc2ccccc21)c1ccc(Br)nc1. The second-order valence-corrected chi connectivity index (χ2v) is 5.06. The fourth-order valence-corrected chi connectivity index (χ4v) is 2.27. The van der Waals surface area contributed by atoms with Crippen LogP contribution in [0.1, 0.15) is 22.0 Å². The number of nitrogens with one attached hydrogen (secondary N) is 1. The zero-order chi connectivity index (χ0) is 13.2. The van der Waals surface area contributed by atoms with E-state index in [1.54, 1.807) is 18.3 Å². The maximum Gasteiger partial charge on any atom is 0.253 e. The Labute approximate surface area is 118 Å². The van der Waals surface area contributed by atoms with E-state index in [0.29, 0.717) is 16.8 Å². The van der Waals surface area contributed by atoms with E-state index >= 15 is 0 Å². The summed E-state index contributed by atoms with van der Waals surface area (Å²) in [5.41, 5.74) is 1.55. The highest BCUT2D eigenvalue weighted by molar-refractivity contribution is 9.10. The quantitative estimate of drug-likeness (QED) is 0.866. The molecule has 0 saturated heterocycles. The molecule has 5 heteroatoms. The van der Waals surface area contributed by atoms with Gasteiger partial charge in [-0.25, -0.2) is 4.98 Å². The minimum Gasteiger partial charge on any atom is -0.491 e. The highest BCUT2D eigenvalue weighted by Crippen LogP contribution is 2.31. The number of amides is 1. The molecular formula is C14H11BrN2O2. The monoisotopic (exact) mass is 318 g/mol. The Bertz CT molecular complexity index is 613. The minimum atomic E-state index is -0.148. The number of ether oxygens (including phenoxy) is 1. The van der Waals surface area contributed by atoms with Crippen LogP contribution in [-0.2, 0) is 0 Å². The van der Waals surface area contributed by atoms with Crippen LogP contribution < -0.4 is 10.1 Å². The summed E-state index contributed by atoms with van der Waals surface area (Å²) >= 11 is 3.24. The van der Waals surface area contributed by atoms with Gasteiger partial charge in [-0.1, -0.05) is 18.2 Å². The van der Waals surface area contributed by atoms with Crippen molar-refractivity contribution in [2.24, 2.45) is 0 Å². The molecule has 1 amide bonds. The number of halogens is 1. The molecule has 3 rings (SSSR count). The van der Waals surface area contributed by atoms with Crippen molar-refractivity contribution in [3.05, 3.63) is 58.3 Å². The van der Waals surface area contributed by atoms with E-state index in [9.17, 15) is 4.79 Å². The Morgan fingerprint density at radius 1 is 1.32 bits per heavy atom. The third-order valence-electron chi connectivity index (χ3n) is 2.99. The van der Waals surface area contributed by atoms with Gasteiger partial charge in [-0.15, -0.1) is 0 Å². The lowest BCUT2D eigenvalue weighted by Crippen LogP contribution is -2.29. The predicted molar refractivity (Wildman–Crippen MR) is 74.1 cm³/mol. The Morgan fingerprint density at radius 2 is 2.16 bits per heavy atom. The summed E-state index contributed by atoms with van der Waals surface area (Å²) in [7, 11) is 0.